The minimum Gasteiger partial charge on any atom is -0.480 e. The van der Waals surface area contributed by atoms with E-state index in [4.69, 9.17) is 19.1 Å². The van der Waals surface area contributed by atoms with Crippen LogP contribution in [0.25, 0.3) is 5.69 Å². The second kappa shape index (κ2) is 18.4. The highest BCUT2D eigenvalue weighted by molar-refractivity contribution is 9.10. The SMILES string of the molecule is C.COc1nc(C2=NC(c3cscn3)CON2)ccc1-n1cnc(C)c1.COc1nc(C2=NC(c3cscn3)CON2)ccc1Br.Cc1cnc[nH]1. The number of nitrogens with zero attached hydrogens (tertiary/aromatic N) is 9. The van der Waals surface area contributed by atoms with Gasteiger partial charge in [0.1, 0.15) is 42.4 Å². The van der Waals surface area contributed by atoms with Crippen molar-refractivity contribution in [1.29, 1.82) is 0 Å². The normalized spacial score (nSPS) is 16.2. The van der Waals surface area contributed by atoms with E-state index in [1.54, 1.807) is 55.4 Å². The number of methoxy groups -OCH3 is 2. The van der Waals surface area contributed by atoms with Gasteiger partial charge in [0, 0.05) is 28.8 Å². The number of rotatable bonds is 7. The molecule has 0 bridgehead atoms. The topological polar surface area (TPSA) is 184 Å². The largest absolute Gasteiger partial charge is 0.480 e. The van der Waals surface area contributed by atoms with Gasteiger partial charge in [-0.1, -0.05) is 7.43 Å². The Labute approximate surface area is 316 Å². The van der Waals surface area contributed by atoms with Gasteiger partial charge in [0.05, 0.1) is 59.4 Å². The third-order valence-electron chi connectivity index (χ3n) is 7.13. The van der Waals surface area contributed by atoms with E-state index in [9.17, 15) is 0 Å². The number of thiazole rings is 2. The molecule has 19 heteroatoms. The molecule has 272 valence electrons. The smallest absolute Gasteiger partial charge is 0.238 e. The predicted molar refractivity (Wildman–Crippen MR) is 202 cm³/mol. The Morgan fingerprint density at radius 3 is 1.88 bits per heavy atom. The fourth-order valence-corrected chi connectivity index (χ4v) is 6.20. The van der Waals surface area contributed by atoms with Gasteiger partial charge >= 0.3 is 0 Å². The van der Waals surface area contributed by atoms with E-state index in [1.165, 1.54) is 11.3 Å². The van der Waals surface area contributed by atoms with Crippen molar-refractivity contribution in [1.82, 2.24) is 50.4 Å². The summed E-state index contributed by atoms with van der Waals surface area (Å²) in [5.74, 6) is 2.11. The first-order valence-corrected chi connectivity index (χ1v) is 18.0. The molecule has 52 heavy (non-hydrogen) atoms. The minimum atomic E-state index is -0.147. The molecule has 0 aromatic carbocycles. The lowest BCUT2D eigenvalue weighted by molar-refractivity contribution is 0.0613. The third kappa shape index (κ3) is 9.62. The minimum absolute atomic E-state index is 0. The second-order valence-corrected chi connectivity index (χ2v) is 13.0. The second-order valence-electron chi connectivity index (χ2n) is 10.7. The summed E-state index contributed by atoms with van der Waals surface area (Å²) in [7, 11) is 3.16. The summed E-state index contributed by atoms with van der Waals surface area (Å²) < 4.78 is 13.3. The maximum atomic E-state index is 5.45. The van der Waals surface area contributed by atoms with Crippen molar-refractivity contribution in [3.8, 4) is 17.4 Å². The third-order valence-corrected chi connectivity index (χ3v) is 8.94. The van der Waals surface area contributed by atoms with Gasteiger partial charge in [-0.3, -0.25) is 19.7 Å². The number of ether oxygens (including phenoxy) is 2. The molecule has 0 spiro atoms. The summed E-state index contributed by atoms with van der Waals surface area (Å²) in [6, 6.07) is 7.22. The molecular formula is C33H37BrN12O4S2. The summed E-state index contributed by atoms with van der Waals surface area (Å²) in [6.07, 6.45) is 7.08. The van der Waals surface area contributed by atoms with Crippen LogP contribution in [0.1, 0.15) is 53.7 Å². The van der Waals surface area contributed by atoms with Crippen molar-refractivity contribution in [2.24, 2.45) is 9.98 Å². The highest BCUT2D eigenvalue weighted by Crippen LogP contribution is 2.26. The first kappa shape index (κ1) is 38.2. The molecule has 0 amide bonds. The zero-order valence-electron chi connectivity index (χ0n) is 27.8. The number of hydrogen-bond acceptors (Lipinski definition) is 16. The Morgan fingerprint density at radius 1 is 0.827 bits per heavy atom. The van der Waals surface area contributed by atoms with Crippen molar-refractivity contribution in [2.75, 3.05) is 27.4 Å². The molecule has 2 unspecified atom stereocenters. The van der Waals surface area contributed by atoms with Crippen molar-refractivity contribution >= 4 is 50.3 Å². The number of imidazole rings is 2. The van der Waals surface area contributed by atoms with E-state index >= 15 is 0 Å². The van der Waals surface area contributed by atoms with Crippen LogP contribution in [0.3, 0.4) is 0 Å². The highest BCUT2D eigenvalue weighted by atomic mass is 79.9. The number of H-pyrrole nitrogens is 1. The number of hydroxylamine groups is 2. The molecule has 6 aromatic rings. The molecule has 6 aromatic heterocycles. The number of halogens is 1. The van der Waals surface area contributed by atoms with Crippen LogP contribution in [0, 0.1) is 13.8 Å². The van der Waals surface area contributed by atoms with Crippen molar-refractivity contribution in [3.05, 3.63) is 110 Å². The number of pyridine rings is 2. The predicted octanol–water partition coefficient (Wildman–Crippen LogP) is 5.75. The van der Waals surface area contributed by atoms with Gasteiger partial charge in [-0.2, -0.15) is 0 Å². The average molecular weight is 810 g/mol. The Kier molecular flexibility index (Phi) is 13.5. The Morgan fingerprint density at radius 2 is 1.42 bits per heavy atom. The number of hydrogen-bond donors (Lipinski definition) is 3. The average Bonchev–Trinajstić information content (AvgIpc) is 4.02. The van der Waals surface area contributed by atoms with Gasteiger partial charge in [0.2, 0.25) is 11.8 Å². The Bertz CT molecular complexity index is 2050. The van der Waals surface area contributed by atoms with Crippen LogP contribution in [-0.2, 0) is 9.68 Å². The monoisotopic (exact) mass is 808 g/mol. The molecule has 2 aliphatic rings. The number of aromatic nitrogens is 8. The summed E-state index contributed by atoms with van der Waals surface area (Å²) in [5.41, 5.74) is 15.1. The van der Waals surface area contributed by atoms with Crippen LogP contribution >= 0.6 is 38.6 Å². The maximum Gasteiger partial charge on any atom is 0.238 e. The van der Waals surface area contributed by atoms with Gasteiger partial charge in [-0.05, 0) is 54.0 Å². The Hall–Kier alpha value is -5.08. The van der Waals surface area contributed by atoms with Crippen LogP contribution < -0.4 is 20.4 Å². The zero-order chi connectivity index (χ0) is 35.6. The molecular weight excluding hydrogens is 772 g/mol. The van der Waals surface area contributed by atoms with Gasteiger partial charge in [0.25, 0.3) is 0 Å². The fourth-order valence-electron chi connectivity index (χ4n) is 4.62. The van der Waals surface area contributed by atoms with E-state index < -0.39 is 0 Å². The maximum absolute atomic E-state index is 5.45. The van der Waals surface area contributed by atoms with E-state index in [1.807, 2.05) is 59.6 Å². The van der Waals surface area contributed by atoms with Crippen molar-refractivity contribution < 1.29 is 19.1 Å². The molecule has 8 heterocycles. The van der Waals surface area contributed by atoms with E-state index in [2.05, 4.69) is 71.8 Å². The standard InChI is InChI=1S/C16H16N6O2S.C12H11BrN4O2S.C4H6N2.CH4/c1-10-5-22(8-17-10)14-4-3-11(20-16(14)23-2)15-19-12(6-24-21-15)13-7-25-9-18-13;1-18-12-7(13)2-3-8(16-12)11-15-9(4-19-17-11)10-5-20-6-14-10;1-4-2-5-3-6-4;/h3-5,7-9,12H,6H2,1-2H3,(H,19,21);2-3,5-6,9H,4H2,1H3,(H,15,17);2-3H,1H3,(H,5,6);1H4. The van der Waals surface area contributed by atoms with E-state index in [0.29, 0.717) is 48.0 Å². The number of nitrogens with one attached hydrogen (secondary N) is 3. The fraction of sp³-hybridized carbons (Fsp3) is 0.273. The highest BCUT2D eigenvalue weighted by Gasteiger charge is 2.23. The van der Waals surface area contributed by atoms with Gasteiger partial charge in [-0.25, -0.2) is 40.9 Å². The molecule has 0 aliphatic carbocycles. The van der Waals surface area contributed by atoms with Crippen molar-refractivity contribution in [3.63, 3.8) is 0 Å². The lowest BCUT2D eigenvalue weighted by Crippen LogP contribution is -2.33. The molecule has 2 atom stereocenters. The van der Waals surface area contributed by atoms with Crippen LogP contribution in [0.2, 0.25) is 0 Å². The molecule has 0 saturated carbocycles. The number of aryl methyl sites for hydroxylation is 2. The summed E-state index contributed by atoms with van der Waals surface area (Å²) in [4.78, 5) is 48.5. The lowest BCUT2D eigenvalue weighted by Gasteiger charge is -2.20. The molecule has 16 nitrogen and oxygen atoms in total. The lowest BCUT2D eigenvalue weighted by atomic mass is 10.2. The first-order valence-electron chi connectivity index (χ1n) is 15.3. The number of amidine groups is 2. The van der Waals surface area contributed by atoms with Crippen LogP contribution in [0.5, 0.6) is 11.8 Å². The summed E-state index contributed by atoms with van der Waals surface area (Å²) in [5, 5.41) is 3.94. The molecule has 8 rings (SSSR count). The summed E-state index contributed by atoms with van der Waals surface area (Å²) >= 11 is 6.45. The van der Waals surface area contributed by atoms with Crippen LogP contribution in [0.4, 0.5) is 0 Å². The van der Waals surface area contributed by atoms with Crippen molar-refractivity contribution in [2.45, 2.75) is 33.4 Å². The van der Waals surface area contributed by atoms with E-state index in [-0.39, 0.29) is 19.5 Å². The zero-order valence-corrected chi connectivity index (χ0v) is 31.1. The Balaban J connectivity index is 0.000000173. The van der Waals surface area contributed by atoms with Gasteiger partial charge in [0.15, 0.2) is 11.7 Å². The first-order chi connectivity index (χ1) is 24.9. The quantitative estimate of drug-likeness (QED) is 0.178. The van der Waals surface area contributed by atoms with Crippen LogP contribution in [0.15, 0.2) is 85.6 Å². The van der Waals surface area contributed by atoms with Gasteiger partial charge in [-0.15, -0.1) is 22.7 Å². The van der Waals surface area contributed by atoms with Crippen LogP contribution in [-0.4, -0.2) is 78.6 Å². The number of aromatic amines is 1. The van der Waals surface area contributed by atoms with Gasteiger partial charge < -0.3 is 19.0 Å². The molecule has 3 N–H and O–H groups in total. The molecule has 0 radical (unpaired) electrons. The molecule has 0 fully saturated rings. The molecule has 2 aliphatic heterocycles. The summed E-state index contributed by atoms with van der Waals surface area (Å²) in [6.45, 7) is 4.77. The van der Waals surface area contributed by atoms with E-state index in [0.717, 1.165) is 32.9 Å². The number of aliphatic imine (C=N–C) groups is 2. The molecule has 0 saturated heterocycles.